The molecule has 0 fully saturated rings. The Labute approximate surface area is 108 Å². The van der Waals surface area contributed by atoms with Crippen molar-refractivity contribution in [3.05, 3.63) is 0 Å². The highest BCUT2D eigenvalue weighted by Gasteiger charge is 2.15. The molecule has 0 atom stereocenters. The molecule has 0 spiro atoms. The number of nitrogens with two attached hydrogens (primary N) is 1. The van der Waals surface area contributed by atoms with E-state index < -0.39 is 5.97 Å². The number of nitrogens with zero attached hydrogens (tertiary/aromatic N) is 3. The van der Waals surface area contributed by atoms with Crippen molar-refractivity contribution in [3.8, 4) is 0 Å². The molecule has 0 saturated heterocycles. The summed E-state index contributed by atoms with van der Waals surface area (Å²) in [4.78, 5) is 22.4. The zero-order valence-electron chi connectivity index (χ0n) is 10.1. The number of thioether (sulfide) groups is 1. The molecule has 100 valence electrons. The SMILES string of the molecule is CCOC(=O)CSc1nnc(N)n1CC(=O)OC. The molecule has 1 aromatic heterocycles. The van der Waals surface area contributed by atoms with Gasteiger partial charge in [0.15, 0.2) is 5.16 Å². The molecule has 0 saturated carbocycles. The number of methoxy groups -OCH3 is 1. The van der Waals surface area contributed by atoms with Crippen LogP contribution in [0, 0.1) is 0 Å². The Balaban J connectivity index is 2.65. The minimum atomic E-state index is -0.473. The molecular weight excluding hydrogens is 260 g/mol. The highest BCUT2D eigenvalue weighted by atomic mass is 32.2. The second-order valence-electron chi connectivity index (χ2n) is 3.10. The van der Waals surface area contributed by atoms with E-state index in [9.17, 15) is 9.59 Å². The molecule has 0 aromatic carbocycles. The van der Waals surface area contributed by atoms with E-state index in [1.54, 1.807) is 6.92 Å². The zero-order chi connectivity index (χ0) is 13.5. The van der Waals surface area contributed by atoms with Crippen molar-refractivity contribution in [1.82, 2.24) is 14.8 Å². The van der Waals surface area contributed by atoms with Crippen molar-refractivity contribution in [3.63, 3.8) is 0 Å². The van der Waals surface area contributed by atoms with Gasteiger partial charge in [-0.25, -0.2) is 0 Å². The van der Waals surface area contributed by atoms with Gasteiger partial charge in [0.1, 0.15) is 6.54 Å². The highest BCUT2D eigenvalue weighted by molar-refractivity contribution is 7.99. The number of esters is 2. The van der Waals surface area contributed by atoms with Crippen molar-refractivity contribution >= 4 is 29.6 Å². The summed E-state index contributed by atoms with van der Waals surface area (Å²) in [7, 11) is 1.27. The van der Waals surface area contributed by atoms with Crippen molar-refractivity contribution in [2.24, 2.45) is 0 Å². The third kappa shape index (κ3) is 3.91. The summed E-state index contributed by atoms with van der Waals surface area (Å²) in [5.74, 6) is -0.674. The van der Waals surface area contributed by atoms with Gasteiger partial charge in [-0.3, -0.25) is 14.2 Å². The maximum Gasteiger partial charge on any atom is 0.325 e. The number of aromatic nitrogens is 3. The molecule has 0 amide bonds. The van der Waals surface area contributed by atoms with E-state index in [1.165, 1.54) is 11.7 Å². The first kappa shape index (κ1) is 14.3. The minimum absolute atomic E-state index is 0.0765. The number of ether oxygens (including phenoxy) is 2. The van der Waals surface area contributed by atoms with Gasteiger partial charge in [-0.1, -0.05) is 11.8 Å². The van der Waals surface area contributed by atoms with Gasteiger partial charge >= 0.3 is 11.9 Å². The largest absolute Gasteiger partial charge is 0.468 e. The van der Waals surface area contributed by atoms with E-state index >= 15 is 0 Å². The molecule has 0 aliphatic rings. The molecule has 1 aromatic rings. The third-order valence-corrected chi connectivity index (χ3v) is 2.83. The number of hydrogen-bond donors (Lipinski definition) is 1. The monoisotopic (exact) mass is 274 g/mol. The van der Waals surface area contributed by atoms with E-state index in [0.717, 1.165) is 11.8 Å². The first-order valence-electron chi connectivity index (χ1n) is 5.12. The van der Waals surface area contributed by atoms with Crippen molar-refractivity contribution < 1.29 is 19.1 Å². The van der Waals surface area contributed by atoms with Crippen LogP contribution in [0.3, 0.4) is 0 Å². The fourth-order valence-corrected chi connectivity index (χ4v) is 1.82. The number of anilines is 1. The molecule has 0 aliphatic carbocycles. The standard InChI is InChI=1S/C9H14N4O4S/c1-3-17-7(15)5-18-9-12-11-8(10)13(9)4-6(14)16-2/h3-5H2,1-2H3,(H2,10,11). The van der Waals surface area contributed by atoms with Gasteiger partial charge in [0.2, 0.25) is 5.95 Å². The Morgan fingerprint density at radius 2 is 2.11 bits per heavy atom. The molecule has 8 nitrogen and oxygen atoms in total. The van der Waals surface area contributed by atoms with Gasteiger partial charge in [-0.05, 0) is 6.92 Å². The number of carbonyl (C=O) groups excluding carboxylic acids is 2. The molecule has 0 unspecified atom stereocenters. The van der Waals surface area contributed by atoms with E-state index in [-0.39, 0.29) is 24.2 Å². The Hall–Kier alpha value is -1.77. The second kappa shape index (κ2) is 6.84. The molecule has 9 heteroatoms. The number of carbonyl (C=O) groups is 2. The van der Waals surface area contributed by atoms with E-state index in [4.69, 9.17) is 10.5 Å². The smallest absolute Gasteiger partial charge is 0.325 e. The molecule has 1 rings (SSSR count). The van der Waals surface area contributed by atoms with Crippen LogP contribution in [0.25, 0.3) is 0 Å². The Morgan fingerprint density at radius 1 is 1.39 bits per heavy atom. The van der Waals surface area contributed by atoms with Crippen LogP contribution in [0.1, 0.15) is 6.92 Å². The van der Waals surface area contributed by atoms with Gasteiger partial charge in [0.05, 0.1) is 19.5 Å². The topological polar surface area (TPSA) is 109 Å². The highest BCUT2D eigenvalue weighted by Crippen LogP contribution is 2.18. The maximum atomic E-state index is 11.2. The molecule has 0 aliphatic heterocycles. The van der Waals surface area contributed by atoms with Crippen LogP contribution in [0.15, 0.2) is 5.16 Å². The van der Waals surface area contributed by atoms with Gasteiger partial charge in [0, 0.05) is 0 Å². The maximum absolute atomic E-state index is 11.2. The van der Waals surface area contributed by atoms with Crippen LogP contribution in [0.2, 0.25) is 0 Å². The van der Waals surface area contributed by atoms with Crippen LogP contribution in [0.4, 0.5) is 5.95 Å². The van der Waals surface area contributed by atoms with Crippen LogP contribution in [0.5, 0.6) is 0 Å². The molecule has 0 radical (unpaired) electrons. The summed E-state index contributed by atoms with van der Waals surface area (Å²) < 4.78 is 10.7. The van der Waals surface area contributed by atoms with E-state index in [1.807, 2.05) is 0 Å². The summed E-state index contributed by atoms with van der Waals surface area (Å²) in [6.45, 7) is 1.94. The van der Waals surface area contributed by atoms with Crippen LogP contribution >= 0.6 is 11.8 Å². The summed E-state index contributed by atoms with van der Waals surface area (Å²) in [5.41, 5.74) is 5.56. The Bertz CT molecular complexity index is 434. The van der Waals surface area contributed by atoms with Gasteiger partial charge in [-0.15, -0.1) is 10.2 Å². The predicted molar refractivity (Wildman–Crippen MR) is 63.8 cm³/mol. The van der Waals surface area contributed by atoms with Crippen molar-refractivity contribution in [2.45, 2.75) is 18.6 Å². The average molecular weight is 274 g/mol. The predicted octanol–water partition coefficient (Wildman–Crippen LogP) is -0.312. The third-order valence-electron chi connectivity index (χ3n) is 1.88. The van der Waals surface area contributed by atoms with E-state index in [2.05, 4.69) is 14.9 Å². The molecule has 0 bridgehead atoms. The molecular formula is C9H14N4O4S. The van der Waals surface area contributed by atoms with Crippen LogP contribution < -0.4 is 5.73 Å². The number of nitrogen functional groups attached to an aromatic ring is 1. The Kier molecular flexibility index (Phi) is 5.43. The number of hydrogen-bond acceptors (Lipinski definition) is 8. The van der Waals surface area contributed by atoms with Crippen molar-refractivity contribution in [2.75, 3.05) is 25.2 Å². The van der Waals surface area contributed by atoms with Gasteiger partial charge in [-0.2, -0.15) is 0 Å². The van der Waals surface area contributed by atoms with Gasteiger partial charge < -0.3 is 15.2 Å². The fraction of sp³-hybridized carbons (Fsp3) is 0.556. The van der Waals surface area contributed by atoms with Crippen molar-refractivity contribution in [1.29, 1.82) is 0 Å². The zero-order valence-corrected chi connectivity index (χ0v) is 10.9. The lowest BCUT2D eigenvalue weighted by molar-refractivity contribution is -0.141. The molecule has 18 heavy (non-hydrogen) atoms. The fourth-order valence-electron chi connectivity index (χ4n) is 1.08. The lowest BCUT2D eigenvalue weighted by Gasteiger charge is -2.06. The first-order chi connectivity index (χ1) is 8.58. The van der Waals surface area contributed by atoms with Gasteiger partial charge in [0.25, 0.3) is 0 Å². The lowest BCUT2D eigenvalue weighted by Crippen LogP contribution is -2.15. The summed E-state index contributed by atoms with van der Waals surface area (Å²) in [6, 6.07) is 0. The summed E-state index contributed by atoms with van der Waals surface area (Å²) in [5, 5.41) is 7.78. The van der Waals surface area contributed by atoms with Crippen LogP contribution in [-0.4, -0.2) is 46.2 Å². The first-order valence-corrected chi connectivity index (χ1v) is 6.11. The normalized spacial score (nSPS) is 10.1. The lowest BCUT2D eigenvalue weighted by atomic mass is 10.6. The summed E-state index contributed by atoms with van der Waals surface area (Å²) >= 11 is 1.10. The Morgan fingerprint density at radius 3 is 2.72 bits per heavy atom. The quantitative estimate of drug-likeness (QED) is 0.555. The minimum Gasteiger partial charge on any atom is -0.468 e. The van der Waals surface area contributed by atoms with E-state index in [0.29, 0.717) is 11.8 Å². The molecule has 1 heterocycles. The average Bonchev–Trinajstić information content (AvgIpc) is 2.68. The number of rotatable bonds is 6. The second-order valence-corrected chi connectivity index (χ2v) is 4.04. The van der Waals surface area contributed by atoms with Crippen LogP contribution in [-0.2, 0) is 25.6 Å². The molecule has 2 N–H and O–H groups in total. The summed E-state index contributed by atoms with van der Waals surface area (Å²) in [6.07, 6.45) is 0.